The van der Waals surface area contributed by atoms with Gasteiger partial charge in [-0.25, -0.2) is 4.79 Å². The number of aliphatic hydroxyl groups excluding tert-OH is 1. The second-order valence-corrected chi connectivity index (χ2v) is 7.87. The number of nitrogens with one attached hydrogen (secondary N) is 1. The predicted octanol–water partition coefficient (Wildman–Crippen LogP) is 2.20. The summed E-state index contributed by atoms with van der Waals surface area (Å²) >= 11 is 0. The first kappa shape index (κ1) is 17.0. The number of urea groups is 1. The maximum atomic E-state index is 12.5. The number of likely N-dealkylation sites (tertiary alicyclic amines) is 2. The molecule has 1 unspecified atom stereocenters. The molecule has 3 aliphatic rings. The first-order chi connectivity index (χ1) is 11.2. The van der Waals surface area contributed by atoms with Crippen LogP contribution in [-0.2, 0) is 0 Å². The summed E-state index contributed by atoms with van der Waals surface area (Å²) in [5.41, 5.74) is 0.0451. The maximum Gasteiger partial charge on any atom is 0.317 e. The molecule has 2 amide bonds. The van der Waals surface area contributed by atoms with Crippen molar-refractivity contribution in [2.24, 2.45) is 5.41 Å². The Bertz CT molecular complexity index is 395. The lowest BCUT2D eigenvalue weighted by molar-refractivity contribution is 0.0515. The van der Waals surface area contributed by atoms with Crippen molar-refractivity contribution in [3.05, 3.63) is 0 Å². The van der Waals surface area contributed by atoms with Gasteiger partial charge in [0.15, 0.2) is 0 Å². The molecule has 3 rings (SSSR count). The molecule has 0 aromatic carbocycles. The Labute approximate surface area is 140 Å². The van der Waals surface area contributed by atoms with Crippen LogP contribution in [0.5, 0.6) is 0 Å². The minimum Gasteiger partial charge on any atom is -0.396 e. The summed E-state index contributed by atoms with van der Waals surface area (Å²) in [4.78, 5) is 17.0. The first-order valence-corrected chi connectivity index (χ1v) is 9.56. The van der Waals surface area contributed by atoms with Gasteiger partial charge in [-0.1, -0.05) is 19.8 Å². The molecule has 1 saturated carbocycles. The molecule has 0 spiro atoms. The number of aliphatic hydroxyl groups is 1. The van der Waals surface area contributed by atoms with E-state index in [1.165, 1.54) is 25.7 Å². The van der Waals surface area contributed by atoms with Crippen LogP contribution in [-0.4, -0.2) is 65.8 Å². The molecule has 5 heteroatoms. The second kappa shape index (κ2) is 7.39. The van der Waals surface area contributed by atoms with E-state index in [-0.39, 0.29) is 18.1 Å². The molecule has 0 aromatic rings. The van der Waals surface area contributed by atoms with Crippen molar-refractivity contribution in [3.8, 4) is 0 Å². The van der Waals surface area contributed by atoms with Crippen molar-refractivity contribution in [3.63, 3.8) is 0 Å². The van der Waals surface area contributed by atoms with Gasteiger partial charge in [-0.2, -0.15) is 0 Å². The second-order valence-electron chi connectivity index (χ2n) is 7.87. The van der Waals surface area contributed by atoms with E-state index in [2.05, 4.69) is 17.1 Å². The fourth-order valence-corrected chi connectivity index (χ4v) is 4.58. The zero-order valence-electron chi connectivity index (χ0n) is 14.6. The summed E-state index contributed by atoms with van der Waals surface area (Å²) in [5, 5.41) is 12.9. The summed E-state index contributed by atoms with van der Waals surface area (Å²) in [5.74, 6) is 0. The van der Waals surface area contributed by atoms with Crippen LogP contribution in [0.2, 0.25) is 0 Å². The number of carbonyl (C=O) groups is 1. The minimum absolute atomic E-state index is 0.0451. The van der Waals surface area contributed by atoms with Crippen molar-refractivity contribution in [1.29, 1.82) is 0 Å². The van der Waals surface area contributed by atoms with Gasteiger partial charge in [-0.3, -0.25) is 4.90 Å². The molecule has 2 saturated heterocycles. The van der Waals surface area contributed by atoms with Crippen molar-refractivity contribution in [2.75, 3.05) is 32.8 Å². The highest BCUT2D eigenvalue weighted by molar-refractivity contribution is 5.74. The molecule has 0 bridgehead atoms. The van der Waals surface area contributed by atoms with Gasteiger partial charge in [0.25, 0.3) is 0 Å². The van der Waals surface area contributed by atoms with Gasteiger partial charge in [-0.05, 0) is 43.9 Å². The largest absolute Gasteiger partial charge is 0.396 e. The van der Waals surface area contributed by atoms with E-state index >= 15 is 0 Å². The minimum atomic E-state index is 0.0451. The molecule has 2 heterocycles. The summed E-state index contributed by atoms with van der Waals surface area (Å²) < 4.78 is 0. The molecular formula is C18H33N3O2. The van der Waals surface area contributed by atoms with Crippen LogP contribution in [0.3, 0.4) is 0 Å². The van der Waals surface area contributed by atoms with Crippen molar-refractivity contribution < 1.29 is 9.90 Å². The Balaban J connectivity index is 1.43. The predicted molar refractivity (Wildman–Crippen MR) is 91.4 cm³/mol. The van der Waals surface area contributed by atoms with E-state index < -0.39 is 0 Å². The molecule has 3 fully saturated rings. The molecule has 1 atom stereocenters. The molecule has 132 valence electrons. The molecule has 2 N–H and O–H groups in total. The van der Waals surface area contributed by atoms with Crippen molar-refractivity contribution in [1.82, 2.24) is 15.1 Å². The van der Waals surface area contributed by atoms with Crippen molar-refractivity contribution >= 4 is 6.03 Å². The van der Waals surface area contributed by atoms with E-state index in [0.717, 1.165) is 57.9 Å². The average Bonchev–Trinajstić information content (AvgIpc) is 3.26. The lowest BCUT2D eigenvalue weighted by Gasteiger charge is -2.40. The number of rotatable bonds is 4. The van der Waals surface area contributed by atoms with Crippen LogP contribution < -0.4 is 5.32 Å². The van der Waals surface area contributed by atoms with Crippen LogP contribution >= 0.6 is 0 Å². The molecular weight excluding hydrogens is 290 g/mol. The highest BCUT2D eigenvalue weighted by Crippen LogP contribution is 2.34. The summed E-state index contributed by atoms with van der Waals surface area (Å²) in [6.07, 6.45) is 9.36. The zero-order chi connectivity index (χ0) is 16.3. The SMILES string of the molecule is CCC1(CO)CCN(C(=O)NC2CCN(C3CCCC3)C2)CC1. The maximum absolute atomic E-state index is 12.5. The van der Waals surface area contributed by atoms with E-state index in [1.807, 2.05) is 4.90 Å². The first-order valence-electron chi connectivity index (χ1n) is 9.56. The standard InChI is InChI=1S/C18H33N3O2/c1-2-18(14-22)8-11-20(12-9-18)17(23)19-15-7-10-21(13-15)16-5-3-4-6-16/h15-16,22H,2-14H2,1H3,(H,19,23). The third kappa shape index (κ3) is 3.82. The van der Waals surface area contributed by atoms with Gasteiger partial charge in [0.1, 0.15) is 0 Å². The van der Waals surface area contributed by atoms with E-state index in [4.69, 9.17) is 0 Å². The molecule has 2 aliphatic heterocycles. The average molecular weight is 323 g/mol. The molecule has 0 radical (unpaired) electrons. The summed E-state index contributed by atoms with van der Waals surface area (Å²) in [6.45, 7) is 6.11. The van der Waals surface area contributed by atoms with Crippen LogP contribution in [0.25, 0.3) is 0 Å². The third-order valence-corrected chi connectivity index (χ3v) is 6.59. The van der Waals surface area contributed by atoms with Gasteiger partial charge in [0.2, 0.25) is 0 Å². The topological polar surface area (TPSA) is 55.8 Å². The normalized spacial score (nSPS) is 29.1. The molecule has 0 aromatic heterocycles. The molecule has 23 heavy (non-hydrogen) atoms. The Morgan fingerprint density at radius 2 is 1.87 bits per heavy atom. The fourth-order valence-electron chi connectivity index (χ4n) is 4.58. The Hall–Kier alpha value is -0.810. The van der Waals surface area contributed by atoms with Crippen LogP contribution in [0.1, 0.15) is 58.3 Å². The number of piperidine rings is 1. The Kier molecular flexibility index (Phi) is 5.47. The highest BCUT2D eigenvalue weighted by Gasteiger charge is 2.35. The zero-order valence-corrected chi connectivity index (χ0v) is 14.6. The van der Waals surface area contributed by atoms with Gasteiger partial charge < -0.3 is 15.3 Å². The number of carbonyl (C=O) groups excluding carboxylic acids is 1. The lowest BCUT2D eigenvalue weighted by Crippen LogP contribution is -2.51. The smallest absolute Gasteiger partial charge is 0.317 e. The van der Waals surface area contributed by atoms with E-state index in [9.17, 15) is 9.90 Å². The number of hydrogen-bond donors (Lipinski definition) is 2. The summed E-state index contributed by atoms with van der Waals surface area (Å²) in [6, 6.07) is 1.19. The van der Waals surface area contributed by atoms with Gasteiger partial charge in [0.05, 0.1) is 0 Å². The monoisotopic (exact) mass is 323 g/mol. The van der Waals surface area contributed by atoms with Crippen LogP contribution in [0, 0.1) is 5.41 Å². The lowest BCUT2D eigenvalue weighted by atomic mass is 9.77. The molecule has 5 nitrogen and oxygen atoms in total. The van der Waals surface area contributed by atoms with Crippen LogP contribution in [0.4, 0.5) is 4.79 Å². The van der Waals surface area contributed by atoms with Gasteiger partial charge in [0, 0.05) is 44.9 Å². The van der Waals surface area contributed by atoms with Gasteiger partial charge in [-0.15, -0.1) is 0 Å². The Morgan fingerprint density at radius 1 is 1.17 bits per heavy atom. The van der Waals surface area contributed by atoms with E-state index in [0.29, 0.717) is 6.04 Å². The number of nitrogens with zero attached hydrogens (tertiary/aromatic N) is 2. The molecule has 1 aliphatic carbocycles. The number of amides is 2. The highest BCUT2D eigenvalue weighted by atomic mass is 16.3. The van der Waals surface area contributed by atoms with E-state index in [1.54, 1.807) is 0 Å². The quantitative estimate of drug-likeness (QED) is 0.834. The van der Waals surface area contributed by atoms with Gasteiger partial charge >= 0.3 is 6.03 Å². The van der Waals surface area contributed by atoms with Crippen molar-refractivity contribution in [2.45, 2.75) is 70.4 Å². The van der Waals surface area contributed by atoms with Crippen LogP contribution in [0.15, 0.2) is 0 Å². The Morgan fingerprint density at radius 3 is 2.48 bits per heavy atom. The number of hydrogen-bond acceptors (Lipinski definition) is 3. The fraction of sp³-hybridized carbons (Fsp3) is 0.944. The third-order valence-electron chi connectivity index (χ3n) is 6.59. The summed E-state index contributed by atoms with van der Waals surface area (Å²) in [7, 11) is 0.